The van der Waals surface area contributed by atoms with Crippen LogP contribution in [0.2, 0.25) is 0 Å². The number of nitrogens with one attached hydrogen (secondary N) is 2. The van der Waals surface area contributed by atoms with Crippen LogP contribution in [-0.2, 0) is 11.4 Å². The first-order valence-corrected chi connectivity index (χ1v) is 12.9. The molecule has 0 saturated carbocycles. The quantitative estimate of drug-likeness (QED) is 0.184. The molecule has 0 radical (unpaired) electrons. The number of methoxy groups -OCH3 is 2. The van der Waals surface area contributed by atoms with E-state index < -0.39 is 11.8 Å². The largest absolute Gasteiger partial charge is 0.493 e. The zero-order chi connectivity index (χ0) is 26.8. The lowest BCUT2D eigenvalue weighted by molar-refractivity contribution is -0.120. The fourth-order valence-electron chi connectivity index (χ4n) is 3.08. The monoisotopic (exact) mass is 724 g/mol. The minimum atomic E-state index is -0.475. The molecule has 0 fully saturated rings. The maximum Gasteiger partial charge on any atom is 0.259 e. The molecule has 9 nitrogen and oxygen atoms in total. The third kappa shape index (κ3) is 8.05. The topological polar surface area (TPSA) is 122 Å². The van der Waals surface area contributed by atoms with Crippen LogP contribution in [0.1, 0.15) is 27.0 Å². The summed E-state index contributed by atoms with van der Waals surface area (Å²) in [7, 11) is 2.98. The van der Waals surface area contributed by atoms with Crippen LogP contribution in [0.15, 0.2) is 59.7 Å². The van der Waals surface area contributed by atoms with Crippen molar-refractivity contribution in [3.05, 3.63) is 84.0 Å². The molecule has 0 aliphatic rings. The van der Waals surface area contributed by atoms with Crippen LogP contribution in [0.25, 0.3) is 0 Å². The molecule has 0 unspecified atom stereocenters. The minimum absolute atomic E-state index is 0.248. The molecule has 0 atom stereocenters. The highest BCUT2D eigenvalue weighted by Gasteiger charge is 2.12. The first kappa shape index (κ1) is 28.2. The lowest BCUT2D eigenvalue weighted by Gasteiger charge is -2.11. The molecular weight excluding hydrogens is 702 g/mol. The van der Waals surface area contributed by atoms with Gasteiger partial charge in [0.2, 0.25) is 0 Å². The number of nitriles is 1. The first-order valence-electron chi connectivity index (χ1n) is 10.8. The molecule has 0 aromatic heterocycles. The molecule has 0 saturated heterocycles. The van der Waals surface area contributed by atoms with Gasteiger partial charge in [-0.1, -0.05) is 12.1 Å². The lowest BCUT2D eigenvalue weighted by atomic mass is 10.1. The SMILES string of the molecule is COc1ccc(C(=O)NCC(=O)NN=Cc2cc(I)c(OCc3ccc(C#N)cc3)c(I)c2)cc1OC. The molecule has 0 bridgehead atoms. The Balaban J connectivity index is 1.51. The standard InChI is InChI=1S/C26H22I2N4O5/c1-35-22-8-7-19(11-23(22)36-2)26(34)30-14-24(33)32-31-13-18-9-20(27)25(21(28)10-18)37-15-17-5-3-16(12-29)4-6-17/h3-11,13H,14-15H2,1-2H3,(H,30,34)(H,32,33). The van der Waals surface area contributed by atoms with Gasteiger partial charge in [-0.25, -0.2) is 5.43 Å². The Morgan fingerprint density at radius 1 is 1.00 bits per heavy atom. The van der Waals surface area contributed by atoms with E-state index in [1.807, 2.05) is 24.3 Å². The summed E-state index contributed by atoms with van der Waals surface area (Å²) in [5.74, 6) is 0.753. The van der Waals surface area contributed by atoms with E-state index in [2.05, 4.69) is 67.1 Å². The van der Waals surface area contributed by atoms with Gasteiger partial charge in [-0.3, -0.25) is 9.59 Å². The van der Waals surface area contributed by atoms with Gasteiger partial charge < -0.3 is 19.5 Å². The fraction of sp³-hybridized carbons (Fsp3) is 0.154. The fourth-order valence-corrected chi connectivity index (χ4v) is 5.21. The average Bonchev–Trinajstić information content (AvgIpc) is 2.91. The Bertz CT molecular complexity index is 1330. The highest BCUT2D eigenvalue weighted by atomic mass is 127. The predicted octanol–water partition coefficient (Wildman–Crippen LogP) is 4.24. The normalized spacial score (nSPS) is 10.5. The molecule has 0 aliphatic heterocycles. The molecule has 2 amide bonds. The maximum atomic E-state index is 12.3. The summed E-state index contributed by atoms with van der Waals surface area (Å²) in [6, 6.07) is 17.8. The minimum Gasteiger partial charge on any atom is -0.493 e. The van der Waals surface area contributed by atoms with Crippen LogP contribution in [0, 0.1) is 18.5 Å². The van der Waals surface area contributed by atoms with Gasteiger partial charge in [-0.05, 0) is 98.8 Å². The molecular formula is C26H22I2N4O5. The molecule has 3 rings (SSSR count). The van der Waals surface area contributed by atoms with E-state index in [0.29, 0.717) is 29.2 Å². The van der Waals surface area contributed by atoms with Crippen LogP contribution in [-0.4, -0.2) is 38.8 Å². The summed E-state index contributed by atoms with van der Waals surface area (Å²) in [5, 5.41) is 15.4. The molecule has 2 N–H and O–H groups in total. The molecule has 11 heteroatoms. The second kappa shape index (κ2) is 13.8. The molecule has 190 valence electrons. The van der Waals surface area contributed by atoms with Gasteiger partial charge in [0.25, 0.3) is 11.8 Å². The highest BCUT2D eigenvalue weighted by Crippen LogP contribution is 2.29. The van der Waals surface area contributed by atoms with Crippen molar-refractivity contribution in [1.82, 2.24) is 10.7 Å². The van der Waals surface area contributed by atoms with E-state index in [9.17, 15) is 9.59 Å². The molecule has 37 heavy (non-hydrogen) atoms. The summed E-state index contributed by atoms with van der Waals surface area (Å²) in [6.07, 6.45) is 1.52. The van der Waals surface area contributed by atoms with Gasteiger partial charge in [-0.15, -0.1) is 0 Å². The molecule has 0 heterocycles. The molecule has 0 aliphatic carbocycles. The van der Waals surface area contributed by atoms with E-state index in [-0.39, 0.29) is 6.54 Å². The van der Waals surface area contributed by atoms with E-state index in [0.717, 1.165) is 24.0 Å². The number of hydrogen-bond acceptors (Lipinski definition) is 7. The summed E-state index contributed by atoms with van der Waals surface area (Å²) < 4.78 is 18.1. The van der Waals surface area contributed by atoms with Crippen molar-refractivity contribution >= 4 is 63.2 Å². The van der Waals surface area contributed by atoms with E-state index in [1.54, 1.807) is 24.3 Å². The van der Waals surface area contributed by atoms with Gasteiger partial charge in [0.15, 0.2) is 11.5 Å². The van der Waals surface area contributed by atoms with Crippen molar-refractivity contribution in [2.75, 3.05) is 20.8 Å². The second-order valence-electron chi connectivity index (χ2n) is 7.46. The van der Waals surface area contributed by atoms with Crippen LogP contribution >= 0.6 is 45.2 Å². The smallest absolute Gasteiger partial charge is 0.259 e. The van der Waals surface area contributed by atoms with Crippen molar-refractivity contribution in [2.45, 2.75) is 6.61 Å². The van der Waals surface area contributed by atoms with Crippen molar-refractivity contribution in [3.8, 4) is 23.3 Å². The number of carbonyl (C=O) groups excluding carboxylic acids is 2. The van der Waals surface area contributed by atoms with Crippen LogP contribution in [0.4, 0.5) is 0 Å². The van der Waals surface area contributed by atoms with Gasteiger partial charge in [0.05, 0.1) is 45.8 Å². The number of benzene rings is 3. The van der Waals surface area contributed by atoms with Gasteiger partial charge in [-0.2, -0.15) is 10.4 Å². The Kier molecular flexibility index (Phi) is 10.5. The predicted molar refractivity (Wildman–Crippen MR) is 155 cm³/mol. The highest BCUT2D eigenvalue weighted by molar-refractivity contribution is 14.1. The van der Waals surface area contributed by atoms with Crippen molar-refractivity contribution in [3.63, 3.8) is 0 Å². The third-order valence-electron chi connectivity index (χ3n) is 4.94. The number of hydrogen-bond donors (Lipinski definition) is 2. The van der Waals surface area contributed by atoms with Crippen LogP contribution in [0.3, 0.4) is 0 Å². The van der Waals surface area contributed by atoms with Gasteiger partial charge in [0, 0.05) is 5.56 Å². The van der Waals surface area contributed by atoms with Gasteiger partial charge in [0.1, 0.15) is 12.4 Å². The average molecular weight is 724 g/mol. The van der Waals surface area contributed by atoms with E-state index >= 15 is 0 Å². The number of ether oxygens (including phenoxy) is 3. The van der Waals surface area contributed by atoms with Crippen molar-refractivity contribution in [2.24, 2.45) is 5.10 Å². The van der Waals surface area contributed by atoms with Crippen LogP contribution < -0.4 is 25.0 Å². The summed E-state index contributed by atoms with van der Waals surface area (Å²) >= 11 is 4.36. The lowest BCUT2D eigenvalue weighted by Crippen LogP contribution is -2.34. The van der Waals surface area contributed by atoms with Crippen LogP contribution in [0.5, 0.6) is 17.2 Å². The number of amides is 2. The van der Waals surface area contributed by atoms with E-state index in [1.165, 1.54) is 26.5 Å². The number of hydrazone groups is 1. The first-order chi connectivity index (χ1) is 17.8. The summed E-state index contributed by atoms with van der Waals surface area (Å²) in [6.45, 7) is 0.123. The number of rotatable bonds is 10. The number of nitrogens with zero attached hydrogens (tertiary/aromatic N) is 2. The zero-order valence-corrected chi connectivity index (χ0v) is 24.2. The Morgan fingerprint density at radius 2 is 1.68 bits per heavy atom. The molecule has 3 aromatic rings. The van der Waals surface area contributed by atoms with Crippen molar-refractivity contribution in [1.29, 1.82) is 5.26 Å². The molecule has 0 spiro atoms. The Hall–Kier alpha value is -3.38. The number of halogens is 2. The summed E-state index contributed by atoms with van der Waals surface area (Å²) in [5.41, 5.74) is 5.06. The zero-order valence-electron chi connectivity index (χ0n) is 19.9. The number of carbonyl (C=O) groups is 2. The van der Waals surface area contributed by atoms with Gasteiger partial charge >= 0.3 is 0 Å². The Labute approximate surface area is 241 Å². The Morgan fingerprint density at radius 3 is 2.30 bits per heavy atom. The second-order valence-corrected chi connectivity index (χ2v) is 9.78. The third-order valence-corrected chi connectivity index (χ3v) is 6.55. The molecule has 3 aromatic carbocycles. The maximum absolute atomic E-state index is 12.3. The van der Waals surface area contributed by atoms with Crippen molar-refractivity contribution < 1.29 is 23.8 Å². The summed E-state index contributed by atoms with van der Waals surface area (Å²) in [4.78, 5) is 24.5. The van der Waals surface area contributed by atoms with E-state index in [4.69, 9.17) is 19.5 Å².